The van der Waals surface area contributed by atoms with Gasteiger partial charge in [0.1, 0.15) is 5.82 Å². The molecule has 0 bridgehead atoms. The van der Waals surface area contributed by atoms with Crippen molar-refractivity contribution in [2.75, 3.05) is 5.43 Å². The van der Waals surface area contributed by atoms with Gasteiger partial charge in [0, 0.05) is 24.6 Å². The minimum atomic E-state index is -0.0101. The first kappa shape index (κ1) is 12.4. The Morgan fingerprint density at radius 1 is 1.44 bits per heavy atom. The van der Waals surface area contributed by atoms with E-state index in [1.807, 2.05) is 26.0 Å². The lowest BCUT2D eigenvalue weighted by Gasteiger charge is -2.06. The van der Waals surface area contributed by atoms with Gasteiger partial charge >= 0.3 is 5.69 Å². The number of nitrogen functional groups attached to an aromatic ring is 1. The van der Waals surface area contributed by atoms with Crippen LogP contribution >= 0.6 is 0 Å². The molecule has 0 aliphatic heterocycles. The van der Waals surface area contributed by atoms with E-state index >= 15 is 0 Å². The predicted octanol–water partition coefficient (Wildman–Crippen LogP) is 0.960. The van der Waals surface area contributed by atoms with Gasteiger partial charge in [-0.3, -0.25) is 9.13 Å². The van der Waals surface area contributed by atoms with Gasteiger partial charge in [-0.25, -0.2) is 15.6 Å². The highest BCUT2D eigenvalue weighted by molar-refractivity contribution is 5.35. The summed E-state index contributed by atoms with van der Waals surface area (Å²) >= 11 is 0. The fraction of sp³-hybridized carbons (Fsp3) is 0.333. The molecule has 96 valence electrons. The van der Waals surface area contributed by atoms with Crippen LogP contribution in [0.2, 0.25) is 0 Å². The van der Waals surface area contributed by atoms with Crippen LogP contribution < -0.4 is 17.0 Å². The Balaban J connectivity index is 2.26. The predicted molar refractivity (Wildman–Crippen MR) is 70.2 cm³/mol. The third-order valence-corrected chi connectivity index (χ3v) is 2.76. The summed E-state index contributed by atoms with van der Waals surface area (Å²) in [6.07, 6.45) is 5.25. The maximum absolute atomic E-state index is 12.0. The van der Waals surface area contributed by atoms with Gasteiger partial charge in [-0.1, -0.05) is 0 Å². The molecule has 0 fully saturated rings. The van der Waals surface area contributed by atoms with Crippen molar-refractivity contribution in [1.29, 1.82) is 0 Å². The Morgan fingerprint density at radius 2 is 2.22 bits per heavy atom. The highest BCUT2D eigenvalue weighted by atomic mass is 16.1. The Kier molecular flexibility index (Phi) is 3.47. The molecule has 0 aromatic carbocycles. The van der Waals surface area contributed by atoms with E-state index in [4.69, 9.17) is 5.84 Å². The third-order valence-electron chi connectivity index (χ3n) is 2.76. The molecule has 0 unspecified atom stereocenters. The number of nitrogens with two attached hydrogens (primary N) is 1. The summed E-state index contributed by atoms with van der Waals surface area (Å²) in [6, 6.07) is 3.84. The van der Waals surface area contributed by atoms with E-state index in [0.29, 0.717) is 12.4 Å². The summed E-state index contributed by atoms with van der Waals surface area (Å²) in [5, 5.41) is 0. The molecule has 2 heterocycles. The van der Waals surface area contributed by atoms with Gasteiger partial charge in [-0.2, -0.15) is 0 Å². The van der Waals surface area contributed by atoms with Crippen molar-refractivity contribution in [3.8, 4) is 0 Å². The summed E-state index contributed by atoms with van der Waals surface area (Å²) < 4.78 is 3.36. The van der Waals surface area contributed by atoms with Crippen LogP contribution in [0.3, 0.4) is 0 Å². The zero-order chi connectivity index (χ0) is 13.1. The van der Waals surface area contributed by atoms with E-state index in [0.717, 1.165) is 5.56 Å². The van der Waals surface area contributed by atoms with Gasteiger partial charge < -0.3 is 5.43 Å². The van der Waals surface area contributed by atoms with Crippen LogP contribution in [0.25, 0.3) is 0 Å². The zero-order valence-corrected chi connectivity index (χ0v) is 10.5. The number of rotatable bonds is 4. The maximum atomic E-state index is 12.0. The second kappa shape index (κ2) is 5.05. The SMILES string of the molecule is CC(C)n1ccn(Cc2ccnc(NN)c2)c1=O. The lowest BCUT2D eigenvalue weighted by atomic mass is 10.2. The Bertz CT molecular complexity index is 584. The molecular formula is C12H17N5O. The summed E-state index contributed by atoms with van der Waals surface area (Å²) in [7, 11) is 0. The smallest absolute Gasteiger partial charge is 0.308 e. The molecule has 0 aliphatic carbocycles. The minimum Gasteiger partial charge on any atom is -0.308 e. The Morgan fingerprint density at radius 3 is 2.83 bits per heavy atom. The van der Waals surface area contributed by atoms with Crippen LogP contribution in [-0.4, -0.2) is 14.1 Å². The van der Waals surface area contributed by atoms with Crippen molar-refractivity contribution >= 4 is 5.82 Å². The number of nitrogens with zero attached hydrogens (tertiary/aromatic N) is 3. The maximum Gasteiger partial charge on any atom is 0.328 e. The molecule has 2 aromatic heterocycles. The molecule has 0 aliphatic rings. The van der Waals surface area contributed by atoms with E-state index < -0.39 is 0 Å². The van der Waals surface area contributed by atoms with Gasteiger partial charge in [0.05, 0.1) is 6.54 Å². The topological polar surface area (TPSA) is 77.9 Å². The number of hydrazine groups is 1. The molecule has 0 saturated carbocycles. The average molecular weight is 247 g/mol. The van der Waals surface area contributed by atoms with Crippen molar-refractivity contribution in [2.24, 2.45) is 5.84 Å². The lowest BCUT2D eigenvalue weighted by molar-refractivity contribution is 0.561. The fourth-order valence-corrected chi connectivity index (χ4v) is 1.79. The van der Waals surface area contributed by atoms with Gasteiger partial charge in [-0.15, -0.1) is 0 Å². The Hall–Kier alpha value is -2.08. The monoisotopic (exact) mass is 247 g/mol. The summed E-state index contributed by atoms with van der Waals surface area (Å²) in [4.78, 5) is 16.1. The fourth-order valence-electron chi connectivity index (χ4n) is 1.79. The van der Waals surface area contributed by atoms with Crippen LogP contribution in [0.1, 0.15) is 25.5 Å². The largest absolute Gasteiger partial charge is 0.328 e. The highest BCUT2D eigenvalue weighted by Gasteiger charge is 2.06. The molecule has 0 atom stereocenters. The summed E-state index contributed by atoms with van der Waals surface area (Å²) in [6.45, 7) is 4.47. The van der Waals surface area contributed by atoms with E-state index in [1.54, 1.807) is 27.7 Å². The number of hydrogen-bond acceptors (Lipinski definition) is 4. The van der Waals surface area contributed by atoms with E-state index in [2.05, 4.69) is 10.4 Å². The van der Waals surface area contributed by atoms with Crippen LogP contribution in [-0.2, 0) is 6.54 Å². The van der Waals surface area contributed by atoms with Gasteiger partial charge in [0.2, 0.25) is 0 Å². The lowest BCUT2D eigenvalue weighted by Crippen LogP contribution is -2.25. The molecule has 6 heteroatoms. The van der Waals surface area contributed by atoms with Crippen molar-refractivity contribution in [3.05, 3.63) is 46.8 Å². The average Bonchev–Trinajstić information content (AvgIpc) is 2.71. The Labute approximate surface area is 105 Å². The normalized spacial score (nSPS) is 10.9. The van der Waals surface area contributed by atoms with Crippen molar-refractivity contribution in [1.82, 2.24) is 14.1 Å². The van der Waals surface area contributed by atoms with E-state index in [1.165, 1.54) is 0 Å². The number of hydrogen-bond donors (Lipinski definition) is 2. The van der Waals surface area contributed by atoms with Crippen LogP contribution in [0.4, 0.5) is 5.82 Å². The molecule has 0 spiro atoms. The van der Waals surface area contributed by atoms with Crippen molar-refractivity contribution in [2.45, 2.75) is 26.4 Å². The highest BCUT2D eigenvalue weighted by Crippen LogP contribution is 2.07. The molecule has 0 amide bonds. The third kappa shape index (κ3) is 2.43. The van der Waals surface area contributed by atoms with E-state index in [9.17, 15) is 4.79 Å². The summed E-state index contributed by atoms with van der Waals surface area (Å²) in [5.41, 5.74) is 3.45. The molecule has 2 rings (SSSR count). The second-order valence-corrected chi connectivity index (χ2v) is 4.40. The van der Waals surface area contributed by atoms with E-state index in [-0.39, 0.29) is 11.7 Å². The molecule has 6 nitrogen and oxygen atoms in total. The molecular weight excluding hydrogens is 230 g/mol. The first-order chi connectivity index (χ1) is 8.61. The van der Waals surface area contributed by atoms with Gasteiger partial charge in [0.25, 0.3) is 0 Å². The first-order valence-corrected chi connectivity index (χ1v) is 5.80. The number of imidazole rings is 1. The quantitative estimate of drug-likeness (QED) is 0.623. The zero-order valence-electron chi connectivity index (χ0n) is 10.5. The number of aromatic nitrogens is 3. The number of nitrogens with one attached hydrogen (secondary N) is 1. The van der Waals surface area contributed by atoms with Crippen LogP contribution in [0.15, 0.2) is 35.5 Å². The molecule has 3 N–H and O–H groups in total. The van der Waals surface area contributed by atoms with Crippen LogP contribution in [0, 0.1) is 0 Å². The van der Waals surface area contributed by atoms with Gasteiger partial charge in [0.15, 0.2) is 0 Å². The summed E-state index contributed by atoms with van der Waals surface area (Å²) in [5.74, 6) is 5.89. The number of pyridine rings is 1. The van der Waals surface area contributed by atoms with Crippen LogP contribution in [0.5, 0.6) is 0 Å². The van der Waals surface area contributed by atoms with Crippen molar-refractivity contribution < 1.29 is 0 Å². The minimum absolute atomic E-state index is 0.0101. The first-order valence-electron chi connectivity index (χ1n) is 5.80. The van der Waals surface area contributed by atoms with Gasteiger partial charge in [-0.05, 0) is 31.5 Å². The number of anilines is 1. The molecule has 18 heavy (non-hydrogen) atoms. The second-order valence-electron chi connectivity index (χ2n) is 4.40. The molecule has 0 saturated heterocycles. The molecule has 0 radical (unpaired) electrons. The standard InChI is InChI=1S/C12H17N5O/c1-9(2)17-6-5-16(12(17)18)8-10-3-4-14-11(7-10)15-13/h3-7,9H,8,13H2,1-2H3,(H,14,15). The molecule has 2 aromatic rings. The van der Waals surface area contributed by atoms with Crippen molar-refractivity contribution in [3.63, 3.8) is 0 Å².